The smallest absolute Gasteiger partial charge is 0.434 e. The number of carbonyl (C=O) groups is 4. The quantitative estimate of drug-likeness (QED) is 0.0730. The van der Waals surface area contributed by atoms with Crippen molar-refractivity contribution in [2.75, 3.05) is 34.0 Å². The van der Waals surface area contributed by atoms with Crippen LogP contribution in [0.2, 0.25) is 0 Å². The normalized spacial score (nSPS) is 12.6. The number of carboxylic acid groups (broad SMARTS) is 1. The summed E-state index contributed by atoms with van der Waals surface area (Å²) in [5.74, 6) is -5.53. The Morgan fingerprint density at radius 1 is 0.687 bits per heavy atom. The fraction of sp³-hybridized carbons (Fsp3) is 0.304. The molecule has 0 bridgehead atoms. The molecule has 3 heterocycles. The van der Waals surface area contributed by atoms with E-state index in [0.29, 0.717) is 34.6 Å². The van der Waals surface area contributed by atoms with Gasteiger partial charge in [0.2, 0.25) is 0 Å². The minimum Gasteiger partial charge on any atom is -0.496 e. The Balaban J connectivity index is 0.000000227. The predicted molar refractivity (Wildman–Crippen MR) is 234 cm³/mol. The van der Waals surface area contributed by atoms with Crippen LogP contribution in [0.15, 0.2) is 103 Å². The van der Waals surface area contributed by atoms with Crippen molar-refractivity contribution < 1.29 is 60.8 Å². The molecule has 0 radical (unpaired) electrons. The molecule has 67 heavy (non-hydrogen) atoms. The van der Waals surface area contributed by atoms with E-state index in [1.54, 1.807) is 61.5 Å². The number of rotatable bonds is 17. The number of ether oxygens (including phenoxy) is 4. The Labute approximate surface area is 380 Å². The summed E-state index contributed by atoms with van der Waals surface area (Å²) < 4.78 is 57.0. The Morgan fingerprint density at radius 3 is 1.46 bits per heavy atom. The lowest BCUT2D eigenvalue weighted by Crippen LogP contribution is -2.38. The number of esters is 1. The molecule has 2 aromatic heterocycles. The molecule has 1 aliphatic heterocycles. The summed E-state index contributed by atoms with van der Waals surface area (Å²) in [5.41, 5.74) is 4.19. The molecule has 0 unspecified atom stereocenters. The van der Waals surface area contributed by atoms with Crippen LogP contribution in [0.1, 0.15) is 65.1 Å². The molecular formula is C46H48F2N6O13. The van der Waals surface area contributed by atoms with Crippen LogP contribution in [-0.4, -0.2) is 95.4 Å². The third-order valence-electron chi connectivity index (χ3n) is 9.72. The summed E-state index contributed by atoms with van der Waals surface area (Å²) in [6.07, 6.45) is 2.61. The largest absolute Gasteiger partial charge is 0.496 e. The lowest BCUT2D eigenvalue weighted by Gasteiger charge is -2.17. The number of aliphatic carboxylic acids is 1. The summed E-state index contributed by atoms with van der Waals surface area (Å²) in [6.45, 7) is 3.89. The summed E-state index contributed by atoms with van der Waals surface area (Å²) in [6, 6.07) is 21.2. The lowest BCUT2D eigenvalue weighted by molar-refractivity contribution is -0.143. The molecule has 354 valence electrons. The van der Waals surface area contributed by atoms with Crippen LogP contribution in [0.25, 0.3) is 22.3 Å². The molecule has 6 aromatic rings. The van der Waals surface area contributed by atoms with E-state index >= 15 is 0 Å². The Bertz CT molecular complexity index is 2690. The van der Waals surface area contributed by atoms with Crippen molar-refractivity contribution in [1.82, 2.24) is 31.0 Å². The maximum absolute atomic E-state index is 13.7. The van der Waals surface area contributed by atoms with Crippen molar-refractivity contribution in [1.29, 1.82) is 0 Å². The molecule has 2 atom stereocenters. The third kappa shape index (κ3) is 15.6. The van der Waals surface area contributed by atoms with E-state index in [1.807, 2.05) is 10.2 Å². The summed E-state index contributed by atoms with van der Waals surface area (Å²) in [5, 5.41) is 25.1. The average molecular weight is 931 g/mol. The number of aromatic amines is 2. The third-order valence-corrected chi connectivity index (χ3v) is 9.72. The monoisotopic (exact) mass is 930 g/mol. The van der Waals surface area contributed by atoms with Gasteiger partial charge in [-0.1, -0.05) is 48.5 Å². The highest BCUT2D eigenvalue weighted by Gasteiger charge is 2.23. The van der Waals surface area contributed by atoms with E-state index in [9.17, 15) is 37.5 Å². The molecule has 1 fully saturated rings. The summed E-state index contributed by atoms with van der Waals surface area (Å²) >= 11 is 0. The first kappa shape index (κ1) is 50.1. The molecule has 2 amide bonds. The van der Waals surface area contributed by atoms with Crippen molar-refractivity contribution in [2.24, 2.45) is 0 Å². The number of halogens is 2. The van der Waals surface area contributed by atoms with Gasteiger partial charge in [0.05, 0.1) is 33.7 Å². The Kier molecular flexibility index (Phi) is 18.6. The van der Waals surface area contributed by atoms with Crippen molar-refractivity contribution in [3.8, 4) is 33.8 Å². The van der Waals surface area contributed by atoms with Crippen LogP contribution < -0.4 is 31.6 Å². The number of carboxylic acids is 1. The molecule has 0 spiro atoms. The van der Waals surface area contributed by atoms with E-state index in [4.69, 9.17) is 24.1 Å². The highest BCUT2D eigenvalue weighted by Crippen LogP contribution is 2.32. The fourth-order valence-corrected chi connectivity index (χ4v) is 6.66. The van der Waals surface area contributed by atoms with Crippen LogP contribution in [0.5, 0.6) is 11.5 Å². The second-order valence-corrected chi connectivity index (χ2v) is 14.6. The van der Waals surface area contributed by atoms with Crippen LogP contribution in [0, 0.1) is 11.6 Å². The molecular weight excluding hydrogens is 883 g/mol. The summed E-state index contributed by atoms with van der Waals surface area (Å²) in [4.78, 5) is 69.6. The Hall–Kier alpha value is -7.94. The van der Waals surface area contributed by atoms with Gasteiger partial charge in [-0.25, -0.2) is 28.6 Å². The molecule has 1 aliphatic rings. The minimum absolute atomic E-state index is 0.0896. The maximum Gasteiger partial charge on any atom is 0.434 e. The number of nitrogens with zero attached hydrogens (tertiary/aromatic N) is 2. The van der Waals surface area contributed by atoms with Crippen molar-refractivity contribution in [2.45, 2.75) is 57.5 Å². The number of nitrogens with one attached hydrogen (secondary N) is 4. The van der Waals surface area contributed by atoms with Crippen LogP contribution in [0.4, 0.5) is 8.78 Å². The van der Waals surface area contributed by atoms with E-state index < -0.39 is 64.9 Å². The second-order valence-electron chi connectivity index (χ2n) is 14.6. The molecule has 0 aliphatic carbocycles. The maximum atomic E-state index is 13.7. The van der Waals surface area contributed by atoms with Gasteiger partial charge in [0.25, 0.3) is 0 Å². The molecule has 4 aromatic carbocycles. The number of hydrogen-bond acceptors (Lipinski definition) is 14. The highest BCUT2D eigenvalue weighted by atomic mass is 19.1. The zero-order chi connectivity index (χ0) is 48.3. The average Bonchev–Trinajstić information content (AvgIpc) is 4.12. The number of methoxy groups -OCH3 is 2. The number of hydrogen-bond donors (Lipinski definition) is 5. The highest BCUT2D eigenvalue weighted by molar-refractivity contribution is 5.90. The van der Waals surface area contributed by atoms with Crippen LogP contribution in [-0.2, 0) is 31.9 Å². The lowest BCUT2D eigenvalue weighted by atomic mass is 9.98. The Morgan fingerprint density at radius 2 is 1.12 bits per heavy atom. The van der Waals surface area contributed by atoms with E-state index in [0.717, 1.165) is 29.9 Å². The van der Waals surface area contributed by atoms with Gasteiger partial charge < -0.3 is 43.5 Å². The number of amides is 2. The number of benzene rings is 4. The summed E-state index contributed by atoms with van der Waals surface area (Å²) in [7, 11) is 3.00. The van der Waals surface area contributed by atoms with Gasteiger partial charge in [0, 0.05) is 36.4 Å². The molecule has 0 saturated carbocycles. The van der Waals surface area contributed by atoms with Gasteiger partial charge in [0.15, 0.2) is 0 Å². The van der Waals surface area contributed by atoms with E-state index in [2.05, 4.69) is 29.7 Å². The molecule has 5 N–H and O–H groups in total. The molecule has 21 heteroatoms. The van der Waals surface area contributed by atoms with Gasteiger partial charge in [-0.3, -0.25) is 19.2 Å². The van der Waals surface area contributed by atoms with Crippen molar-refractivity contribution >= 4 is 23.8 Å². The van der Waals surface area contributed by atoms with Gasteiger partial charge in [0.1, 0.15) is 23.1 Å². The van der Waals surface area contributed by atoms with Crippen molar-refractivity contribution in [3.63, 3.8) is 0 Å². The first-order chi connectivity index (χ1) is 32.2. The second kappa shape index (κ2) is 24.9. The minimum atomic E-state index is -1.11. The first-order valence-electron chi connectivity index (χ1n) is 20.8. The number of carbonyl (C=O) groups excluding carboxylic acids is 3. The topological polar surface area (TPSA) is 267 Å². The fourth-order valence-electron chi connectivity index (χ4n) is 6.66. The van der Waals surface area contributed by atoms with Gasteiger partial charge in [-0.15, -0.1) is 10.2 Å². The number of H-pyrrole nitrogens is 2. The van der Waals surface area contributed by atoms with Crippen LogP contribution in [0.3, 0.4) is 0 Å². The molecule has 1 saturated heterocycles. The SMILES string of the molecule is C1CCOC1.CCOC(=O)C[C@@H](Cc1ccc(-c2cc(F)ccc2OC)cc1)NC(=O)c1n[nH]c(=O)o1.COc1ccc(F)cc1-c1ccc(C[C@H](CC(=O)O)NC(=O)c2n[nH]c(=O)o2)cc1. The predicted octanol–water partition coefficient (Wildman–Crippen LogP) is 5.26. The molecule has 19 nitrogen and oxygen atoms in total. The molecule has 7 rings (SSSR count). The van der Waals surface area contributed by atoms with Gasteiger partial charge >= 0.3 is 47.0 Å². The van der Waals surface area contributed by atoms with Crippen molar-refractivity contribution in [3.05, 3.63) is 141 Å². The van der Waals surface area contributed by atoms with Crippen LogP contribution >= 0.6 is 0 Å². The number of aromatic nitrogens is 4. The van der Waals surface area contributed by atoms with Gasteiger partial charge in [-0.05, 0) is 91.3 Å². The standard InChI is InChI=1S/C22H22FN3O6.C20H18FN3O6.C4H8O/c1-3-31-19(27)12-16(24-20(28)21-25-26-22(29)32-21)10-13-4-6-14(7-5-13)17-11-15(23)8-9-18(17)30-2;1-29-16-7-6-13(21)9-15(16)12-4-2-11(3-5-12)8-14(10-17(25)26)22-18(27)19-23-24-20(28)30-19;1-2-4-5-3-1/h4-9,11,16H,3,10,12H2,1-2H3,(H,24,28)(H,26,29);2-7,9,14H,8,10H2,1H3,(H,22,27)(H,24,28)(H,25,26);1-4H2/t16-;14-;/m11./s1. The van der Waals surface area contributed by atoms with E-state index in [-0.39, 0.29) is 31.7 Å². The zero-order valence-corrected chi connectivity index (χ0v) is 36.6. The first-order valence-corrected chi connectivity index (χ1v) is 20.8. The zero-order valence-electron chi connectivity index (χ0n) is 36.6. The van der Waals surface area contributed by atoms with E-state index in [1.165, 1.54) is 57.4 Å². The van der Waals surface area contributed by atoms with Gasteiger partial charge in [-0.2, -0.15) is 0 Å².